The summed E-state index contributed by atoms with van der Waals surface area (Å²) in [5.74, 6) is 1.61. The molecule has 0 aliphatic carbocycles. The molecule has 20 heavy (non-hydrogen) atoms. The molecule has 0 bridgehead atoms. The number of aliphatic imine (C=N–C) groups is 1. The third-order valence-electron chi connectivity index (χ3n) is 3.36. The zero-order chi connectivity index (χ0) is 14.8. The summed E-state index contributed by atoms with van der Waals surface area (Å²) in [6, 6.07) is 0. The predicted octanol–water partition coefficient (Wildman–Crippen LogP) is 3.20. The molecule has 0 aromatic carbocycles. The van der Waals surface area contributed by atoms with E-state index in [9.17, 15) is 0 Å². The SMILES string of the molecule is CCNC(=NCc1csc(CC)n1)NCC(CC)CC. The summed E-state index contributed by atoms with van der Waals surface area (Å²) in [6.07, 6.45) is 3.41. The van der Waals surface area contributed by atoms with Crippen molar-refractivity contribution in [3.63, 3.8) is 0 Å². The third-order valence-corrected chi connectivity index (χ3v) is 4.40. The molecule has 1 heterocycles. The van der Waals surface area contributed by atoms with E-state index >= 15 is 0 Å². The van der Waals surface area contributed by atoms with Crippen LogP contribution in [0.25, 0.3) is 0 Å². The van der Waals surface area contributed by atoms with Gasteiger partial charge in [0, 0.05) is 18.5 Å². The van der Waals surface area contributed by atoms with Crippen LogP contribution in [-0.4, -0.2) is 24.0 Å². The fourth-order valence-corrected chi connectivity index (χ4v) is 2.64. The van der Waals surface area contributed by atoms with Crippen molar-refractivity contribution >= 4 is 17.3 Å². The van der Waals surface area contributed by atoms with Gasteiger partial charge in [0.25, 0.3) is 0 Å². The highest BCUT2D eigenvalue weighted by Crippen LogP contribution is 2.11. The fraction of sp³-hybridized carbons (Fsp3) is 0.733. The number of thiazole rings is 1. The zero-order valence-corrected chi connectivity index (χ0v) is 14.0. The molecule has 0 saturated carbocycles. The fourth-order valence-electron chi connectivity index (χ4n) is 1.90. The zero-order valence-electron chi connectivity index (χ0n) is 13.2. The Bertz CT molecular complexity index is 396. The van der Waals surface area contributed by atoms with E-state index in [2.05, 4.69) is 53.7 Å². The van der Waals surface area contributed by atoms with Gasteiger partial charge < -0.3 is 10.6 Å². The van der Waals surface area contributed by atoms with Crippen LogP contribution in [0.15, 0.2) is 10.4 Å². The number of hydrogen-bond donors (Lipinski definition) is 2. The van der Waals surface area contributed by atoms with E-state index in [1.165, 1.54) is 17.8 Å². The molecule has 0 aliphatic heterocycles. The molecule has 1 aromatic rings. The third kappa shape index (κ3) is 5.90. The van der Waals surface area contributed by atoms with Crippen LogP contribution in [0.1, 0.15) is 51.2 Å². The van der Waals surface area contributed by atoms with Gasteiger partial charge in [-0.05, 0) is 19.3 Å². The highest BCUT2D eigenvalue weighted by atomic mass is 32.1. The second-order valence-electron chi connectivity index (χ2n) is 4.84. The van der Waals surface area contributed by atoms with Crippen molar-refractivity contribution in [2.24, 2.45) is 10.9 Å². The predicted molar refractivity (Wildman–Crippen MR) is 88.4 cm³/mol. The Kier molecular flexibility index (Phi) is 8.26. The molecule has 1 aromatic heterocycles. The monoisotopic (exact) mass is 296 g/mol. The van der Waals surface area contributed by atoms with Gasteiger partial charge in [-0.1, -0.05) is 33.6 Å². The second-order valence-corrected chi connectivity index (χ2v) is 5.79. The van der Waals surface area contributed by atoms with Gasteiger partial charge in [-0.15, -0.1) is 11.3 Å². The van der Waals surface area contributed by atoms with Crippen molar-refractivity contribution in [2.75, 3.05) is 13.1 Å². The lowest BCUT2D eigenvalue weighted by molar-refractivity contribution is 0.481. The lowest BCUT2D eigenvalue weighted by Gasteiger charge is -2.16. The summed E-state index contributed by atoms with van der Waals surface area (Å²) < 4.78 is 0. The first-order chi connectivity index (χ1) is 9.73. The van der Waals surface area contributed by atoms with Gasteiger partial charge in [-0.2, -0.15) is 0 Å². The van der Waals surface area contributed by atoms with Crippen molar-refractivity contribution in [1.82, 2.24) is 15.6 Å². The molecule has 0 saturated heterocycles. The maximum Gasteiger partial charge on any atom is 0.191 e. The minimum absolute atomic E-state index is 0.648. The Morgan fingerprint density at radius 1 is 1.25 bits per heavy atom. The van der Waals surface area contributed by atoms with Gasteiger partial charge in [0.05, 0.1) is 17.2 Å². The molecule has 114 valence electrons. The molecule has 5 heteroatoms. The highest BCUT2D eigenvalue weighted by molar-refractivity contribution is 7.09. The number of rotatable bonds is 8. The van der Waals surface area contributed by atoms with Crippen LogP contribution in [0.2, 0.25) is 0 Å². The first-order valence-electron chi connectivity index (χ1n) is 7.68. The topological polar surface area (TPSA) is 49.3 Å². The summed E-state index contributed by atoms with van der Waals surface area (Å²) in [4.78, 5) is 9.15. The van der Waals surface area contributed by atoms with E-state index in [4.69, 9.17) is 0 Å². The normalized spacial score (nSPS) is 11.9. The summed E-state index contributed by atoms with van der Waals surface area (Å²) in [5, 5.41) is 10.0. The molecule has 0 atom stereocenters. The van der Waals surface area contributed by atoms with Crippen LogP contribution >= 0.6 is 11.3 Å². The maximum absolute atomic E-state index is 4.61. The molecule has 4 nitrogen and oxygen atoms in total. The van der Waals surface area contributed by atoms with E-state index in [1.54, 1.807) is 11.3 Å². The number of aromatic nitrogens is 1. The molecule has 0 spiro atoms. The second kappa shape index (κ2) is 9.75. The van der Waals surface area contributed by atoms with Crippen molar-refractivity contribution in [1.29, 1.82) is 0 Å². The quantitative estimate of drug-likeness (QED) is 0.572. The van der Waals surface area contributed by atoms with Crippen LogP contribution < -0.4 is 10.6 Å². The van der Waals surface area contributed by atoms with E-state index < -0.39 is 0 Å². The minimum atomic E-state index is 0.648. The molecule has 0 fully saturated rings. The number of aryl methyl sites for hydroxylation is 1. The average molecular weight is 296 g/mol. The maximum atomic E-state index is 4.61. The Labute approximate surface area is 127 Å². The van der Waals surface area contributed by atoms with Gasteiger partial charge in [0.15, 0.2) is 5.96 Å². The molecule has 0 aliphatic rings. The molecule has 1 rings (SSSR count). The van der Waals surface area contributed by atoms with E-state index in [0.717, 1.165) is 31.2 Å². The molecule has 0 radical (unpaired) electrons. The van der Waals surface area contributed by atoms with Crippen molar-refractivity contribution in [3.8, 4) is 0 Å². The highest BCUT2D eigenvalue weighted by Gasteiger charge is 2.05. The molecule has 0 unspecified atom stereocenters. The average Bonchev–Trinajstić information content (AvgIpc) is 2.93. The van der Waals surface area contributed by atoms with Crippen LogP contribution in [0, 0.1) is 5.92 Å². The van der Waals surface area contributed by atoms with Gasteiger partial charge in [-0.25, -0.2) is 9.98 Å². The van der Waals surface area contributed by atoms with E-state index in [1.807, 2.05) is 0 Å². The standard InChI is InChI=1S/C15H28N4S/c1-5-12(6-2)9-17-15(16-8-4)18-10-13-11-20-14(7-3)19-13/h11-12H,5-10H2,1-4H3,(H2,16,17,18). The van der Waals surface area contributed by atoms with Crippen LogP contribution in [0.3, 0.4) is 0 Å². The Morgan fingerprint density at radius 2 is 2.00 bits per heavy atom. The Morgan fingerprint density at radius 3 is 2.55 bits per heavy atom. The van der Waals surface area contributed by atoms with E-state index in [0.29, 0.717) is 12.5 Å². The summed E-state index contributed by atoms with van der Waals surface area (Å²) in [7, 11) is 0. The number of nitrogens with one attached hydrogen (secondary N) is 2. The lowest BCUT2D eigenvalue weighted by Crippen LogP contribution is -2.39. The van der Waals surface area contributed by atoms with Crippen LogP contribution in [0.5, 0.6) is 0 Å². The van der Waals surface area contributed by atoms with Crippen molar-refractivity contribution in [3.05, 3.63) is 16.1 Å². The molecule has 2 N–H and O–H groups in total. The molecule has 0 amide bonds. The summed E-state index contributed by atoms with van der Waals surface area (Å²) in [5.41, 5.74) is 1.06. The largest absolute Gasteiger partial charge is 0.357 e. The van der Waals surface area contributed by atoms with Gasteiger partial charge >= 0.3 is 0 Å². The first-order valence-corrected chi connectivity index (χ1v) is 8.56. The number of hydrogen-bond acceptors (Lipinski definition) is 3. The van der Waals surface area contributed by atoms with Crippen LogP contribution in [0.4, 0.5) is 0 Å². The van der Waals surface area contributed by atoms with Gasteiger partial charge in [-0.3, -0.25) is 0 Å². The lowest BCUT2D eigenvalue weighted by atomic mass is 10.0. The first kappa shape index (κ1) is 17.0. The smallest absolute Gasteiger partial charge is 0.191 e. The number of nitrogens with zero attached hydrogens (tertiary/aromatic N) is 2. The molecular weight excluding hydrogens is 268 g/mol. The Balaban J connectivity index is 2.53. The van der Waals surface area contributed by atoms with Crippen molar-refractivity contribution < 1.29 is 0 Å². The minimum Gasteiger partial charge on any atom is -0.357 e. The summed E-state index contributed by atoms with van der Waals surface area (Å²) >= 11 is 1.72. The summed E-state index contributed by atoms with van der Waals surface area (Å²) in [6.45, 7) is 11.2. The van der Waals surface area contributed by atoms with Gasteiger partial charge in [0.2, 0.25) is 0 Å². The van der Waals surface area contributed by atoms with Crippen molar-refractivity contribution in [2.45, 2.75) is 53.5 Å². The Hall–Kier alpha value is -1.10. The van der Waals surface area contributed by atoms with Crippen LogP contribution in [-0.2, 0) is 13.0 Å². The van der Waals surface area contributed by atoms with E-state index in [-0.39, 0.29) is 0 Å². The van der Waals surface area contributed by atoms with Gasteiger partial charge in [0.1, 0.15) is 0 Å². The number of guanidine groups is 1. The molecular formula is C15H28N4S.